The van der Waals surface area contributed by atoms with Crippen molar-refractivity contribution in [3.8, 4) is 0 Å². The quantitative estimate of drug-likeness (QED) is 0.827. The van der Waals surface area contributed by atoms with Gasteiger partial charge in [-0.05, 0) is 38.3 Å². The number of nitrogens with one attached hydrogen (secondary N) is 1. The van der Waals surface area contributed by atoms with Gasteiger partial charge in [0.2, 0.25) is 0 Å². The van der Waals surface area contributed by atoms with Crippen molar-refractivity contribution in [2.24, 2.45) is 0 Å². The summed E-state index contributed by atoms with van der Waals surface area (Å²) in [6.45, 7) is 6.83. The molecule has 0 atom stereocenters. The first-order valence-corrected chi connectivity index (χ1v) is 10.6. The maximum absolute atomic E-state index is 12.6. The highest BCUT2D eigenvalue weighted by atomic mass is 35.5. The number of para-hydroxylation sites is 1. The SMILES string of the molecule is Cc1nc(N2CCCCC2)cc(N2CCN(C(=O)Nc3ccccc3Cl)CC2)n1. The van der Waals surface area contributed by atoms with Crippen LogP contribution in [0.2, 0.25) is 5.02 Å². The van der Waals surface area contributed by atoms with E-state index >= 15 is 0 Å². The molecule has 2 fully saturated rings. The Morgan fingerprint density at radius 1 is 0.931 bits per heavy atom. The number of halogens is 1. The van der Waals surface area contributed by atoms with Crippen LogP contribution in [0.4, 0.5) is 22.1 Å². The van der Waals surface area contributed by atoms with Gasteiger partial charge in [-0.25, -0.2) is 14.8 Å². The lowest BCUT2D eigenvalue weighted by Crippen LogP contribution is -2.50. The topological polar surface area (TPSA) is 64.6 Å². The van der Waals surface area contributed by atoms with Crippen LogP contribution in [-0.2, 0) is 0 Å². The average molecular weight is 415 g/mol. The molecular weight excluding hydrogens is 388 g/mol. The van der Waals surface area contributed by atoms with E-state index in [2.05, 4.69) is 31.2 Å². The Kier molecular flexibility index (Phi) is 6.04. The highest BCUT2D eigenvalue weighted by Gasteiger charge is 2.24. The molecule has 2 aromatic rings. The zero-order chi connectivity index (χ0) is 20.2. The number of rotatable bonds is 3. The highest BCUT2D eigenvalue weighted by molar-refractivity contribution is 6.33. The summed E-state index contributed by atoms with van der Waals surface area (Å²) in [6, 6.07) is 9.26. The molecule has 2 amide bonds. The molecule has 0 radical (unpaired) electrons. The fourth-order valence-electron chi connectivity index (χ4n) is 3.88. The number of piperazine rings is 1. The number of carbonyl (C=O) groups excluding carboxylic acids is 1. The maximum Gasteiger partial charge on any atom is 0.322 e. The molecule has 2 aliphatic rings. The molecule has 0 saturated carbocycles. The molecule has 3 heterocycles. The Labute approximate surface area is 176 Å². The van der Waals surface area contributed by atoms with Crippen LogP contribution < -0.4 is 15.1 Å². The number of nitrogens with zero attached hydrogens (tertiary/aromatic N) is 5. The van der Waals surface area contributed by atoms with Gasteiger partial charge in [0.15, 0.2) is 0 Å². The first-order valence-electron chi connectivity index (χ1n) is 10.3. The number of hydrogen-bond acceptors (Lipinski definition) is 5. The normalized spacial score (nSPS) is 17.4. The number of carbonyl (C=O) groups is 1. The Bertz CT molecular complexity index is 862. The van der Waals surface area contributed by atoms with Crippen LogP contribution in [0.1, 0.15) is 25.1 Å². The van der Waals surface area contributed by atoms with Crippen LogP contribution in [0.3, 0.4) is 0 Å². The van der Waals surface area contributed by atoms with Crippen molar-refractivity contribution in [1.82, 2.24) is 14.9 Å². The first-order chi connectivity index (χ1) is 14.1. The molecule has 0 bridgehead atoms. The fraction of sp³-hybridized carbons (Fsp3) is 0.476. The van der Waals surface area contributed by atoms with E-state index in [-0.39, 0.29) is 6.03 Å². The standard InChI is InChI=1S/C21H27ClN6O/c1-16-23-19(26-9-5-2-6-10-26)15-20(24-16)27-11-13-28(14-12-27)21(29)25-18-8-4-3-7-17(18)22/h3-4,7-8,15H,2,5-6,9-14H2,1H3,(H,25,29). The highest BCUT2D eigenvalue weighted by Crippen LogP contribution is 2.24. The molecule has 1 aromatic carbocycles. The first kappa shape index (κ1) is 19.8. The molecule has 8 heteroatoms. The predicted octanol–water partition coefficient (Wildman–Crippen LogP) is 3.78. The molecule has 29 heavy (non-hydrogen) atoms. The zero-order valence-electron chi connectivity index (χ0n) is 16.8. The van der Waals surface area contributed by atoms with Gasteiger partial charge < -0.3 is 20.0 Å². The molecule has 1 aromatic heterocycles. The number of amides is 2. The van der Waals surface area contributed by atoms with Crippen LogP contribution in [0.15, 0.2) is 30.3 Å². The summed E-state index contributed by atoms with van der Waals surface area (Å²) in [5, 5.41) is 3.44. The minimum absolute atomic E-state index is 0.120. The van der Waals surface area contributed by atoms with E-state index in [0.717, 1.165) is 43.6 Å². The maximum atomic E-state index is 12.6. The third-order valence-electron chi connectivity index (χ3n) is 5.50. The third kappa shape index (κ3) is 4.72. The molecule has 2 saturated heterocycles. The van der Waals surface area contributed by atoms with Crippen LogP contribution in [0.5, 0.6) is 0 Å². The largest absolute Gasteiger partial charge is 0.356 e. The second kappa shape index (κ2) is 8.86. The molecule has 4 rings (SSSR count). The second-order valence-corrected chi connectivity index (χ2v) is 7.97. The van der Waals surface area contributed by atoms with Gasteiger partial charge in [-0.15, -0.1) is 0 Å². The number of benzene rings is 1. The van der Waals surface area contributed by atoms with E-state index < -0.39 is 0 Å². The summed E-state index contributed by atoms with van der Waals surface area (Å²) < 4.78 is 0. The number of aryl methyl sites for hydroxylation is 1. The molecule has 0 unspecified atom stereocenters. The molecule has 1 N–H and O–H groups in total. The van der Waals surface area contributed by atoms with Gasteiger partial charge in [0.1, 0.15) is 17.5 Å². The smallest absolute Gasteiger partial charge is 0.322 e. The van der Waals surface area contributed by atoms with Crippen LogP contribution in [0, 0.1) is 6.92 Å². The molecule has 2 aliphatic heterocycles. The Morgan fingerprint density at radius 3 is 2.21 bits per heavy atom. The van der Waals surface area contributed by atoms with Crippen molar-refractivity contribution in [3.63, 3.8) is 0 Å². The number of anilines is 3. The molecule has 154 valence electrons. The van der Waals surface area contributed by atoms with Gasteiger partial charge in [-0.1, -0.05) is 23.7 Å². The van der Waals surface area contributed by atoms with E-state index in [1.54, 1.807) is 6.07 Å². The molecule has 7 nitrogen and oxygen atoms in total. The number of hydrogen-bond donors (Lipinski definition) is 1. The van der Waals surface area contributed by atoms with Gasteiger partial charge in [-0.2, -0.15) is 0 Å². The lowest BCUT2D eigenvalue weighted by molar-refractivity contribution is 0.208. The Morgan fingerprint density at radius 2 is 1.55 bits per heavy atom. The van der Waals surface area contributed by atoms with Crippen molar-refractivity contribution in [3.05, 3.63) is 41.2 Å². The fourth-order valence-corrected chi connectivity index (χ4v) is 4.06. The van der Waals surface area contributed by atoms with E-state index in [0.29, 0.717) is 23.8 Å². The number of piperidine rings is 1. The summed E-state index contributed by atoms with van der Waals surface area (Å²) in [7, 11) is 0. The van der Waals surface area contributed by atoms with Gasteiger partial charge in [-0.3, -0.25) is 0 Å². The van der Waals surface area contributed by atoms with Crippen molar-refractivity contribution in [1.29, 1.82) is 0 Å². The van der Waals surface area contributed by atoms with Gasteiger partial charge >= 0.3 is 6.03 Å². The van der Waals surface area contributed by atoms with Crippen molar-refractivity contribution < 1.29 is 4.79 Å². The van der Waals surface area contributed by atoms with Gasteiger partial charge in [0.25, 0.3) is 0 Å². The van der Waals surface area contributed by atoms with E-state index in [1.165, 1.54) is 19.3 Å². The summed E-state index contributed by atoms with van der Waals surface area (Å²) >= 11 is 6.14. The second-order valence-electron chi connectivity index (χ2n) is 7.56. The van der Waals surface area contributed by atoms with Crippen LogP contribution in [0.25, 0.3) is 0 Å². The van der Waals surface area contributed by atoms with Gasteiger partial charge in [0.05, 0.1) is 10.7 Å². The van der Waals surface area contributed by atoms with Crippen LogP contribution in [-0.4, -0.2) is 60.2 Å². The van der Waals surface area contributed by atoms with E-state index in [4.69, 9.17) is 11.6 Å². The van der Waals surface area contributed by atoms with Crippen molar-refractivity contribution >= 4 is 35.0 Å². The Balaban J connectivity index is 1.38. The average Bonchev–Trinajstić information content (AvgIpc) is 2.75. The van der Waals surface area contributed by atoms with E-state index in [9.17, 15) is 4.79 Å². The minimum atomic E-state index is -0.120. The number of urea groups is 1. The summed E-state index contributed by atoms with van der Waals surface area (Å²) in [6.07, 6.45) is 3.74. The van der Waals surface area contributed by atoms with Crippen molar-refractivity contribution in [2.45, 2.75) is 26.2 Å². The lowest BCUT2D eigenvalue weighted by atomic mass is 10.1. The predicted molar refractivity (Wildman–Crippen MR) is 117 cm³/mol. The van der Waals surface area contributed by atoms with E-state index in [1.807, 2.05) is 30.0 Å². The summed E-state index contributed by atoms with van der Waals surface area (Å²) in [5.74, 6) is 2.76. The monoisotopic (exact) mass is 414 g/mol. The zero-order valence-corrected chi connectivity index (χ0v) is 17.5. The van der Waals surface area contributed by atoms with Crippen molar-refractivity contribution in [2.75, 3.05) is 54.4 Å². The third-order valence-corrected chi connectivity index (χ3v) is 5.83. The summed E-state index contributed by atoms with van der Waals surface area (Å²) in [5.41, 5.74) is 0.638. The molecule has 0 spiro atoms. The molecule has 0 aliphatic carbocycles. The number of aromatic nitrogens is 2. The Hall–Kier alpha value is -2.54. The lowest BCUT2D eigenvalue weighted by Gasteiger charge is -2.36. The van der Waals surface area contributed by atoms with Crippen LogP contribution >= 0.6 is 11.6 Å². The van der Waals surface area contributed by atoms with Gasteiger partial charge in [0, 0.05) is 45.3 Å². The summed E-state index contributed by atoms with van der Waals surface area (Å²) in [4.78, 5) is 28.3. The minimum Gasteiger partial charge on any atom is -0.356 e. The molecular formula is C21H27ClN6O.